The number of nitrogen functional groups attached to an aromatic ring is 1. The van der Waals surface area contributed by atoms with Crippen molar-refractivity contribution in [2.45, 2.75) is 32.7 Å². The van der Waals surface area contributed by atoms with Crippen LogP contribution in [0.4, 0.5) is 5.82 Å². The largest absolute Gasteiger partial charge is 0.348 e. The van der Waals surface area contributed by atoms with Crippen molar-refractivity contribution in [3.05, 3.63) is 18.1 Å². The molecular weight excluding hydrogens is 230 g/mol. The van der Waals surface area contributed by atoms with Crippen molar-refractivity contribution >= 4 is 11.7 Å². The van der Waals surface area contributed by atoms with Gasteiger partial charge in [-0.25, -0.2) is 10.8 Å². The summed E-state index contributed by atoms with van der Waals surface area (Å²) in [5.41, 5.74) is 2.67. The maximum atomic E-state index is 12.0. The van der Waals surface area contributed by atoms with Crippen molar-refractivity contribution in [1.82, 2.24) is 15.3 Å². The summed E-state index contributed by atoms with van der Waals surface area (Å²) in [6, 6.07) is 0.226. The molecule has 6 heteroatoms. The Hall–Kier alpha value is -1.69. The Morgan fingerprint density at radius 1 is 1.39 bits per heavy atom. The smallest absolute Gasteiger partial charge is 0.271 e. The van der Waals surface area contributed by atoms with Gasteiger partial charge in [-0.15, -0.1) is 0 Å². The van der Waals surface area contributed by atoms with Crippen molar-refractivity contribution in [3.63, 3.8) is 0 Å². The minimum absolute atomic E-state index is 0.189. The molecule has 1 heterocycles. The van der Waals surface area contributed by atoms with Gasteiger partial charge in [0.25, 0.3) is 5.91 Å². The number of anilines is 1. The first-order chi connectivity index (χ1) is 8.61. The summed E-state index contributed by atoms with van der Waals surface area (Å²) in [6.07, 6.45) is 5.09. The molecule has 1 amide bonds. The van der Waals surface area contributed by atoms with Crippen molar-refractivity contribution in [2.75, 3.05) is 5.43 Å². The Bertz CT molecular complexity index is 436. The van der Waals surface area contributed by atoms with Gasteiger partial charge in [-0.1, -0.05) is 13.8 Å². The zero-order valence-corrected chi connectivity index (χ0v) is 10.7. The highest BCUT2D eigenvalue weighted by Gasteiger charge is 2.31. The molecular formula is C12H19N5O. The Kier molecular flexibility index (Phi) is 3.76. The quantitative estimate of drug-likeness (QED) is 0.547. The van der Waals surface area contributed by atoms with Crippen LogP contribution in [-0.2, 0) is 0 Å². The lowest BCUT2D eigenvalue weighted by Gasteiger charge is -2.19. The minimum atomic E-state index is -0.189. The number of hydrogen-bond acceptors (Lipinski definition) is 5. The molecule has 1 aliphatic carbocycles. The number of carbonyl (C=O) groups excluding carboxylic acids is 1. The SMILES string of the molecule is CC1CCC(NC(=O)c2cncc(NN)n2)C1C. The molecule has 1 aliphatic rings. The van der Waals surface area contributed by atoms with Gasteiger partial charge >= 0.3 is 0 Å². The second kappa shape index (κ2) is 5.30. The predicted octanol–water partition coefficient (Wildman–Crippen LogP) is 0.927. The van der Waals surface area contributed by atoms with Gasteiger partial charge in [0.15, 0.2) is 5.82 Å². The maximum Gasteiger partial charge on any atom is 0.271 e. The molecule has 0 radical (unpaired) electrons. The third-order valence-electron chi connectivity index (χ3n) is 3.80. The van der Waals surface area contributed by atoms with Crippen LogP contribution in [0.15, 0.2) is 12.4 Å². The fraction of sp³-hybridized carbons (Fsp3) is 0.583. The molecule has 0 aliphatic heterocycles. The topological polar surface area (TPSA) is 92.9 Å². The Labute approximate surface area is 106 Å². The van der Waals surface area contributed by atoms with E-state index in [1.807, 2.05) is 0 Å². The highest BCUT2D eigenvalue weighted by molar-refractivity contribution is 5.92. The van der Waals surface area contributed by atoms with Crippen molar-refractivity contribution in [3.8, 4) is 0 Å². The van der Waals surface area contributed by atoms with E-state index in [0.717, 1.165) is 12.8 Å². The van der Waals surface area contributed by atoms with E-state index in [1.54, 1.807) is 0 Å². The van der Waals surface area contributed by atoms with Gasteiger partial charge in [-0.05, 0) is 24.7 Å². The average molecular weight is 249 g/mol. The molecule has 1 fully saturated rings. The average Bonchev–Trinajstić information content (AvgIpc) is 2.71. The van der Waals surface area contributed by atoms with E-state index in [4.69, 9.17) is 5.84 Å². The standard InChI is InChI=1S/C12H19N5O/c1-7-3-4-9(8(7)2)16-12(18)10-5-14-6-11(15-10)17-13/h5-9H,3-4,13H2,1-2H3,(H,15,17)(H,16,18). The minimum Gasteiger partial charge on any atom is -0.348 e. The summed E-state index contributed by atoms with van der Waals surface area (Å²) in [5, 5.41) is 3.02. The second-order valence-corrected chi connectivity index (χ2v) is 4.93. The summed E-state index contributed by atoms with van der Waals surface area (Å²) in [6.45, 7) is 4.39. The van der Waals surface area contributed by atoms with E-state index in [-0.39, 0.29) is 17.6 Å². The molecule has 3 unspecified atom stereocenters. The molecule has 0 bridgehead atoms. The molecule has 1 saturated carbocycles. The molecule has 4 N–H and O–H groups in total. The molecule has 18 heavy (non-hydrogen) atoms. The van der Waals surface area contributed by atoms with E-state index in [1.165, 1.54) is 12.4 Å². The summed E-state index contributed by atoms with van der Waals surface area (Å²) in [7, 11) is 0. The van der Waals surface area contributed by atoms with E-state index in [9.17, 15) is 4.79 Å². The number of hydrogen-bond donors (Lipinski definition) is 3. The second-order valence-electron chi connectivity index (χ2n) is 4.93. The molecule has 6 nitrogen and oxygen atoms in total. The van der Waals surface area contributed by atoms with Crippen LogP contribution in [0.3, 0.4) is 0 Å². The van der Waals surface area contributed by atoms with Crippen LogP contribution in [0, 0.1) is 11.8 Å². The highest BCUT2D eigenvalue weighted by Crippen LogP contribution is 2.31. The number of nitrogens with one attached hydrogen (secondary N) is 2. The zero-order valence-electron chi connectivity index (χ0n) is 10.7. The van der Waals surface area contributed by atoms with Crippen LogP contribution in [-0.4, -0.2) is 21.9 Å². The molecule has 1 aromatic rings. The van der Waals surface area contributed by atoms with Crippen LogP contribution in [0.1, 0.15) is 37.2 Å². The number of amides is 1. The zero-order chi connectivity index (χ0) is 13.1. The van der Waals surface area contributed by atoms with Crippen LogP contribution in [0.2, 0.25) is 0 Å². The summed E-state index contributed by atoms with van der Waals surface area (Å²) in [4.78, 5) is 20.0. The third kappa shape index (κ3) is 2.59. The number of nitrogens with zero attached hydrogens (tertiary/aromatic N) is 2. The number of aromatic nitrogens is 2. The third-order valence-corrected chi connectivity index (χ3v) is 3.80. The maximum absolute atomic E-state index is 12.0. The number of hydrazine groups is 1. The predicted molar refractivity (Wildman–Crippen MR) is 68.7 cm³/mol. The fourth-order valence-corrected chi connectivity index (χ4v) is 2.36. The Morgan fingerprint density at radius 3 is 2.78 bits per heavy atom. The Balaban J connectivity index is 2.03. The number of carbonyl (C=O) groups is 1. The Morgan fingerprint density at radius 2 is 2.17 bits per heavy atom. The lowest BCUT2D eigenvalue weighted by Crippen LogP contribution is -2.37. The van der Waals surface area contributed by atoms with E-state index in [0.29, 0.717) is 17.7 Å². The number of nitrogens with two attached hydrogens (primary N) is 1. The fourth-order valence-electron chi connectivity index (χ4n) is 2.36. The first-order valence-electron chi connectivity index (χ1n) is 6.21. The van der Waals surface area contributed by atoms with E-state index in [2.05, 4.69) is 34.6 Å². The lowest BCUT2D eigenvalue weighted by atomic mass is 9.98. The van der Waals surface area contributed by atoms with Crippen molar-refractivity contribution in [1.29, 1.82) is 0 Å². The number of rotatable bonds is 3. The van der Waals surface area contributed by atoms with Crippen molar-refractivity contribution in [2.24, 2.45) is 17.7 Å². The van der Waals surface area contributed by atoms with Gasteiger partial charge in [-0.3, -0.25) is 9.78 Å². The van der Waals surface area contributed by atoms with Crippen molar-refractivity contribution < 1.29 is 4.79 Å². The van der Waals surface area contributed by atoms with Gasteiger partial charge in [0.05, 0.1) is 12.4 Å². The van der Waals surface area contributed by atoms with E-state index >= 15 is 0 Å². The molecule has 0 aromatic carbocycles. The van der Waals surface area contributed by atoms with Gasteiger partial charge in [0, 0.05) is 6.04 Å². The molecule has 98 valence electrons. The summed E-state index contributed by atoms with van der Waals surface area (Å²) in [5.74, 6) is 6.58. The van der Waals surface area contributed by atoms with Crippen LogP contribution in [0.25, 0.3) is 0 Å². The van der Waals surface area contributed by atoms with Gasteiger partial charge in [-0.2, -0.15) is 0 Å². The lowest BCUT2D eigenvalue weighted by molar-refractivity contribution is 0.0922. The molecule has 1 aromatic heterocycles. The first kappa shape index (κ1) is 12.8. The normalized spacial score (nSPS) is 26.9. The van der Waals surface area contributed by atoms with Gasteiger partial charge in [0.1, 0.15) is 5.69 Å². The van der Waals surface area contributed by atoms with Crippen LogP contribution < -0.4 is 16.6 Å². The molecule has 0 saturated heterocycles. The van der Waals surface area contributed by atoms with Crippen LogP contribution in [0.5, 0.6) is 0 Å². The van der Waals surface area contributed by atoms with Gasteiger partial charge < -0.3 is 10.7 Å². The highest BCUT2D eigenvalue weighted by atomic mass is 16.2. The molecule has 2 rings (SSSR count). The molecule has 0 spiro atoms. The monoisotopic (exact) mass is 249 g/mol. The van der Waals surface area contributed by atoms with Gasteiger partial charge in [0.2, 0.25) is 0 Å². The summed E-state index contributed by atoms with van der Waals surface area (Å²) >= 11 is 0. The first-order valence-corrected chi connectivity index (χ1v) is 6.21. The molecule has 3 atom stereocenters. The van der Waals surface area contributed by atoms with Crippen LogP contribution >= 0.6 is 0 Å². The van der Waals surface area contributed by atoms with E-state index < -0.39 is 0 Å². The summed E-state index contributed by atoms with van der Waals surface area (Å²) < 4.78 is 0.